The average Bonchev–Trinajstić information content (AvgIpc) is 3.00. The molecule has 0 saturated carbocycles. The van der Waals surface area contributed by atoms with Crippen LogP contribution in [-0.4, -0.2) is 11.9 Å². The van der Waals surface area contributed by atoms with Gasteiger partial charge in [0.1, 0.15) is 0 Å². The van der Waals surface area contributed by atoms with Crippen LogP contribution in [-0.2, 0) is 20.1 Å². The summed E-state index contributed by atoms with van der Waals surface area (Å²) in [5.41, 5.74) is 2.31. The predicted molar refractivity (Wildman–Crippen MR) is 72.3 cm³/mol. The van der Waals surface area contributed by atoms with Gasteiger partial charge in [0.15, 0.2) is 0 Å². The molecule has 0 saturated heterocycles. The monoisotopic (exact) mass is 433 g/mol. The van der Waals surface area contributed by atoms with Crippen LogP contribution < -0.4 is 4.90 Å². The van der Waals surface area contributed by atoms with Gasteiger partial charge in [-0.1, -0.05) is 6.07 Å². The molecule has 0 unspecified atom stereocenters. The number of hydrogen-bond acceptors (Lipinski definition) is 3. The summed E-state index contributed by atoms with van der Waals surface area (Å²) >= 11 is 1.76. The van der Waals surface area contributed by atoms with Gasteiger partial charge in [0.2, 0.25) is 0 Å². The molecule has 0 aliphatic carbocycles. The minimum atomic E-state index is 0. The zero-order chi connectivity index (χ0) is 11.7. The van der Waals surface area contributed by atoms with Crippen molar-refractivity contribution in [3.63, 3.8) is 0 Å². The Kier molecular flexibility index (Phi) is 4.23. The fourth-order valence-corrected chi connectivity index (χ4v) is 2.52. The smallest absolute Gasteiger partial charge is 0.0102 e. The molecule has 2 nitrogen and oxygen atoms in total. The van der Waals surface area contributed by atoms with Crippen LogP contribution in [0.15, 0.2) is 48.1 Å². The summed E-state index contributed by atoms with van der Waals surface area (Å²) in [6.07, 6.45) is 4.05. The van der Waals surface area contributed by atoms with Gasteiger partial charge in [0.05, 0.1) is 0 Å². The number of hydrogen-bond donors (Lipinski definition) is 0. The van der Waals surface area contributed by atoms with E-state index in [1.165, 1.54) is 10.4 Å². The van der Waals surface area contributed by atoms with Crippen molar-refractivity contribution in [2.45, 2.75) is 0 Å². The third-order valence-corrected chi connectivity index (χ3v) is 3.56. The van der Waals surface area contributed by atoms with Crippen LogP contribution in [0.4, 0.5) is 5.69 Å². The second-order valence-corrected chi connectivity index (χ2v) is 4.87. The van der Waals surface area contributed by atoms with Crippen LogP contribution in [0.5, 0.6) is 0 Å². The van der Waals surface area contributed by atoms with Gasteiger partial charge >= 0.3 is 0 Å². The molecule has 0 N–H and O–H groups in total. The molecule has 1 aromatic carbocycles. The van der Waals surface area contributed by atoms with Crippen LogP contribution in [0.1, 0.15) is 0 Å². The van der Waals surface area contributed by atoms with Crippen molar-refractivity contribution in [1.82, 2.24) is 4.90 Å². The average molecular weight is 433 g/mol. The SMILES string of the molecule is CN1C=CN(c2[c-]ccc(-c3cccs3)c2)[CH-]1.[Ir]. The topological polar surface area (TPSA) is 6.48 Å². The molecule has 2 aromatic rings. The van der Waals surface area contributed by atoms with Crippen molar-refractivity contribution in [2.75, 3.05) is 11.9 Å². The van der Waals surface area contributed by atoms with E-state index < -0.39 is 0 Å². The van der Waals surface area contributed by atoms with E-state index in [4.69, 9.17) is 0 Å². The fourth-order valence-electron chi connectivity index (χ4n) is 1.79. The van der Waals surface area contributed by atoms with Gasteiger partial charge in [-0.25, -0.2) is 0 Å². The van der Waals surface area contributed by atoms with Gasteiger partial charge in [0.25, 0.3) is 0 Å². The molecule has 0 atom stereocenters. The number of anilines is 1. The molecular formula is C14H12IrN2S-2. The number of benzene rings is 1. The summed E-state index contributed by atoms with van der Waals surface area (Å²) in [4.78, 5) is 5.37. The number of nitrogens with zero attached hydrogens (tertiary/aromatic N) is 2. The first-order chi connectivity index (χ1) is 8.33. The van der Waals surface area contributed by atoms with Crippen LogP contribution in [0.2, 0.25) is 0 Å². The Labute approximate surface area is 125 Å². The Morgan fingerprint density at radius 2 is 2.17 bits per heavy atom. The second-order valence-electron chi connectivity index (χ2n) is 3.93. The van der Waals surface area contributed by atoms with Crippen molar-refractivity contribution in [2.24, 2.45) is 0 Å². The van der Waals surface area contributed by atoms with Gasteiger partial charge in [-0.05, 0) is 30.9 Å². The van der Waals surface area contributed by atoms with E-state index in [9.17, 15) is 0 Å². The van der Waals surface area contributed by atoms with Crippen molar-refractivity contribution in [1.29, 1.82) is 0 Å². The summed E-state index contributed by atoms with van der Waals surface area (Å²) in [5, 5.41) is 2.10. The van der Waals surface area contributed by atoms with E-state index in [1.54, 1.807) is 11.3 Å². The zero-order valence-corrected chi connectivity index (χ0v) is 13.0. The predicted octanol–water partition coefficient (Wildman–Crippen LogP) is 3.56. The first kappa shape index (κ1) is 13.3. The van der Waals surface area contributed by atoms with E-state index in [-0.39, 0.29) is 20.1 Å². The molecule has 2 heterocycles. The summed E-state index contributed by atoms with van der Waals surface area (Å²) in [6, 6.07) is 13.7. The molecule has 0 fully saturated rings. The third-order valence-electron chi connectivity index (χ3n) is 2.64. The molecule has 3 rings (SSSR count). The molecule has 0 amide bonds. The van der Waals surface area contributed by atoms with E-state index in [2.05, 4.69) is 40.6 Å². The Morgan fingerprint density at radius 3 is 2.83 bits per heavy atom. The molecule has 18 heavy (non-hydrogen) atoms. The van der Waals surface area contributed by atoms with Gasteiger partial charge < -0.3 is 9.80 Å². The summed E-state index contributed by atoms with van der Waals surface area (Å²) in [5.74, 6) is 0. The summed E-state index contributed by atoms with van der Waals surface area (Å²) in [6.45, 7) is 2.03. The zero-order valence-electron chi connectivity index (χ0n) is 9.83. The maximum atomic E-state index is 3.25. The third kappa shape index (κ3) is 2.66. The van der Waals surface area contributed by atoms with Crippen molar-refractivity contribution in [3.05, 3.63) is 60.8 Å². The first-order valence-electron chi connectivity index (χ1n) is 5.42. The molecule has 1 radical (unpaired) electrons. The molecule has 0 bridgehead atoms. The molecule has 0 spiro atoms. The normalized spacial score (nSPS) is 13.8. The van der Waals surface area contributed by atoms with Crippen LogP contribution in [0.25, 0.3) is 10.4 Å². The number of thiophene rings is 1. The quantitative estimate of drug-likeness (QED) is 0.670. The summed E-state index contributed by atoms with van der Waals surface area (Å²) < 4.78 is 0. The van der Waals surface area contributed by atoms with E-state index in [0.29, 0.717) is 0 Å². The van der Waals surface area contributed by atoms with Gasteiger partial charge in [-0.2, -0.15) is 24.9 Å². The maximum absolute atomic E-state index is 3.25. The van der Waals surface area contributed by atoms with Gasteiger partial charge in [0, 0.05) is 25.0 Å². The second kappa shape index (κ2) is 5.70. The van der Waals surface area contributed by atoms with Crippen LogP contribution >= 0.6 is 11.3 Å². The summed E-state index contributed by atoms with van der Waals surface area (Å²) in [7, 11) is 2.01. The van der Waals surface area contributed by atoms with E-state index in [1.807, 2.05) is 37.1 Å². The van der Waals surface area contributed by atoms with Crippen molar-refractivity contribution < 1.29 is 20.1 Å². The molecule has 1 aliphatic heterocycles. The van der Waals surface area contributed by atoms with Gasteiger partial charge in [-0.3, -0.25) is 0 Å². The Morgan fingerprint density at radius 1 is 1.28 bits per heavy atom. The minimum absolute atomic E-state index is 0. The molecule has 1 aliphatic rings. The fraction of sp³-hybridized carbons (Fsp3) is 0.0714. The van der Waals surface area contributed by atoms with E-state index in [0.717, 1.165) is 5.69 Å². The maximum Gasteiger partial charge on any atom is 0.0102 e. The van der Waals surface area contributed by atoms with Crippen molar-refractivity contribution >= 4 is 17.0 Å². The first-order valence-corrected chi connectivity index (χ1v) is 6.30. The standard InChI is InChI=1S/C14H12N2S.Ir/c1-15-7-8-16(11-15)13-5-2-4-12(10-13)14-6-3-9-17-14;/h2-4,6-11H,1H3;/q-2;. The van der Waals surface area contributed by atoms with Crippen molar-refractivity contribution in [3.8, 4) is 10.4 Å². The van der Waals surface area contributed by atoms with Crippen LogP contribution in [0, 0.1) is 12.7 Å². The number of rotatable bonds is 2. The molecular weight excluding hydrogens is 420 g/mol. The van der Waals surface area contributed by atoms with E-state index >= 15 is 0 Å². The molecule has 4 heteroatoms. The largest absolute Gasteiger partial charge is 0.510 e. The molecule has 1 aromatic heterocycles. The minimum Gasteiger partial charge on any atom is -0.510 e. The van der Waals surface area contributed by atoms with Gasteiger partial charge in [-0.15, -0.1) is 28.7 Å². The van der Waals surface area contributed by atoms with Crippen LogP contribution in [0.3, 0.4) is 0 Å². The Bertz CT molecular complexity index is 536. The Hall–Kier alpha value is -1.09. The molecule has 95 valence electrons. The Balaban J connectivity index is 0.00000120.